The summed E-state index contributed by atoms with van der Waals surface area (Å²) in [6.07, 6.45) is 0.885. The summed E-state index contributed by atoms with van der Waals surface area (Å²) in [4.78, 5) is 23.2. The van der Waals surface area contributed by atoms with Gasteiger partial charge in [-0.15, -0.1) is 0 Å². The van der Waals surface area contributed by atoms with Crippen LogP contribution >= 0.6 is 0 Å². The third-order valence-corrected chi connectivity index (χ3v) is 3.69. The van der Waals surface area contributed by atoms with Crippen molar-refractivity contribution in [1.82, 2.24) is 9.88 Å². The van der Waals surface area contributed by atoms with Crippen LogP contribution in [0.5, 0.6) is 0 Å². The van der Waals surface area contributed by atoms with Gasteiger partial charge in [0.15, 0.2) is 0 Å². The second-order valence-electron chi connectivity index (χ2n) is 5.48. The maximum Gasteiger partial charge on any atom is 0.267 e. The van der Waals surface area contributed by atoms with Crippen LogP contribution in [0.4, 0.5) is 8.78 Å². The number of halogens is 2. The lowest BCUT2D eigenvalue weighted by Gasteiger charge is -2.19. The highest BCUT2D eigenvalue weighted by Crippen LogP contribution is 2.21. The number of aromatic nitrogens is 1. The standard InChI is InChI=1S/C17H15F2N3O2/c1-22(10-12-4-2-3-7-20-12)17(23)16-9-15(21-24-16)13-8-11(18)5-6-14(13)19/h2-8,16H,9-10H2,1H3. The van der Waals surface area contributed by atoms with Crippen LogP contribution in [-0.4, -0.2) is 34.7 Å². The Bertz CT molecular complexity index is 781. The van der Waals surface area contributed by atoms with Crippen molar-refractivity contribution in [3.63, 3.8) is 0 Å². The number of carbonyl (C=O) groups excluding carboxylic acids is 1. The van der Waals surface area contributed by atoms with Crippen LogP contribution in [0.1, 0.15) is 17.7 Å². The van der Waals surface area contributed by atoms with E-state index in [2.05, 4.69) is 10.1 Å². The van der Waals surface area contributed by atoms with Crippen molar-refractivity contribution in [1.29, 1.82) is 0 Å². The van der Waals surface area contributed by atoms with Crippen molar-refractivity contribution < 1.29 is 18.4 Å². The SMILES string of the molecule is CN(Cc1ccccn1)C(=O)C1CC(c2cc(F)ccc2F)=NO1. The highest BCUT2D eigenvalue weighted by atomic mass is 19.1. The molecular formula is C17H15F2N3O2. The number of pyridine rings is 1. The Kier molecular flexibility index (Phi) is 4.50. The Morgan fingerprint density at radius 2 is 2.17 bits per heavy atom. The first-order valence-electron chi connectivity index (χ1n) is 7.37. The highest BCUT2D eigenvalue weighted by molar-refractivity contribution is 6.04. The van der Waals surface area contributed by atoms with E-state index in [4.69, 9.17) is 4.84 Å². The molecule has 0 saturated heterocycles. The second kappa shape index (κ2) is 6.74. The van der Waals surface area contributed by atoms with Crippen molar-refractivity contribution in [2.75, 3.05) is 7.05 Å². The Hall–Kier alpha value is -2.83. The number of amides is 1. The third kappa shape index (κ3) is 3.40. The van der Waals surface area contributed by atoms with Crippen molar-refractivity contribution in [2.45, 2.75) is 19.1 Å². The average molecular weight is 331 g/mol. The maximum atomic E-state index is 13.8. The predicted octanol–water partition coefficient (Wildman–Crippen LogP) is 2.51. The summed E-state index contributed by atoms with van der Waals surface area (Å²) in [5, 5.41) is 3.75. The van der Waals surface area contributed by atoms with Crippen molar-refractivity contribution in [3.8, 4) is 0 Å². The number of oxime groups is 1. The van der Waals surface area contributed by atoms with E-state index in [-0.39, 0.29) is 23.6 Å². The molecule has 1 aliphatic heterocycles. The van der Waals surface area contributed by atoms with Crippen LogP contribution in [0.3, 0.4) is 0 Å². The molecule has 1 aromatic heterocycles. The van der Waals surface area contributed by atoms with Gasteiger partial charge >= 0.3 is 0 Å². The molecule has 1 atom stereocenters. The molecule has 124 valence electrons. The Balaban J connectivity index is 1.66. The van der Waals surface area contributed by atoms with Crippen LogP contribution in [0.15, 0.2) is 47.8 Å². The van der Waals surface area contributed by atoms with Gasteiger partial charge < -0.3 is 9.74 Å². The van der Waals surface area contributed by atoms with Crippen LogP contribution in [-0.2, 0) is 16.2 Å². The number of rotatable bonds is 4. The summed E-state index contributed by atoms with van der Waals surface area (Å²) in [5.41, 5.74) is 0.970. The van der Waals surface area contributed by atoms with E-state index in [1.54, 1.807) is 19.3 Å². The molecule has 0 spiro atoms. The molecule has 5 nitrogen and oxygen atoms in total. The Morgan fingerprint density at radius 1 is 1.33 bits per heavy atom. The van der Waals surface area contributed by atoms with Gasteiger partial charge in [-0.3, -0.25) is 9.78 Å². The van der Waals surface area contributed by atoms with E-state index in [1.165, 1.54) is 4.90 Å². The number of benzene rings is 1. The first kappa shape index (κ1) is 16.0. The molecule has 0 bridgehead atoms. The van der Waals surface area contributed by atoms with Crippen molar-refractivity contribution in [2.24, 2.45) is 5.16 Å². The lowest BCUT2D eigenvalue weighted by molar-refractivity contribution is -0.141. The highest BCUT2D eigenvalue weighted by Gasteiger charge is 2.32. The van der Waals surface area contributed by atoms with E-state index >= 15 is 0 Å². The fourth-order valence-electron chi connectivity index (χ4n) is 2.45. The Morgan fingerprint density at radius 3 is 2.92 bits per heavy atom. The van der Waals surface area contributed by atoms with Gasteiger partial charge in [0.1, 0.15) is 11.6 Å². The van der Waals surface area contributed by atoms with Gasteiger partial charge in [0.25, 0.3) is 5.91 Å². The number of hydrogen-bond donors (Lipinski definition) is 0. The molecule has 3 rings (SSSR count). The van der Waals surface area contributed by atoms with Crippen molar-refractivity contribution >= 4 is 11.6 Å². The van der Waals surface area contributed by atoms with Crippen LogP contribution in [0, 0.1) is 11.6 Å². The smallest absolute Gasteiger partial charge is 0.267 e. The molecule has 0 saturated carbocycles. The quantitative estimate of drug-likeness (QED) is 0.865. The fraction of sp³-hybridized carbons (Fsp3) is 0.235. The molecule has 1 aliphatic rings. The molecule has 0 aliphatic carbocycles. The number of likely N-dealkylation sites (N-methyl/N-ethyl adjacent to an activating group) is 1. The Labute approximate surface area is 137 Å². The maximum absolute atomic E-state index is 13.8. The van der Waals surface area contributed by atoms with Gasteiger partial charge in [-0.1, -0.05) is 11.2 Å². The topological polar surface area (TPSA) is 54.8 Å². The largest absolute Gasteiger partial charge is 0.382 e. The number of nitrogens with zero attached hydrogens (tertiary/aromatic N) is 3. The lowest BCUT2D eigenvalue weighted by atomic mass is 10.0. The molecule has 0 N–H and O–H groups in total. The van der Waals surface area contributed by atoms with E-state index in [9.17, 15) is 13.6 Å². The summed E-state index contributed by atoms with van der Waals surface area (Å²) in [6.45, 7) is 0.323. The summed E-state index contributed by atoms with van der Waals surface area (Å²) in [6, 6.07) is 8.53. The molecule has 0 fully saturated rings. The van der Waals surface area contributed by atoms with E-state index in [0.29, 0.717) is 6.54 Å². The van der Waals surface area contributed by atoms with E-state index in [0.717, 1.165) is 23.9 Å². The minimum atomic E-state index is -0.851. The number of carbonyl (C=O) groups is 1. The summed E-state index contributed by atoms with van der Waals surface area (Å²) < 4.78 is 27.1. The fourth-order valence-corrected chi connectivity index (χ4v) is 2.45. The van der Waals surface area contributed by atoms with Gasteiger partial charge in [-0.05, 0) is 30.3 Å². The van der Waals surface area contributed by atoms with Gasteiger partial charge in [0.2, 0.25) is 6.10 Å². The lowest BCUT2D eigenvalue weighted by Crippen LogP contribution is -2.36. The summed E-state index contributed by atoms with van der Waals surface area (Å²) in [7, 11) is 1.63. The summed E-state index contributed by atoms with van der Waals surface area (Å²) in [5.74, 6) is -1.47. The molecular weight excluding hydrogens is 316 g/mol. The first-order chi connectivity index (χ1) is 11.5. The molecule has 1 aromatic carbocycles. The van der Waals surface area contributed by atoms with E-state index in [1.807, 2.05) is 12.1 Å². The predicted molar refractivity (Wildman–Crippen MR) is 83.1 cm³/mol. The summed E-state index contributed by atoms with van der Waals surface area (Å²) >= 11 is 0. The zero-order valence-electron chi connectivity index (χ0n) is 12.9. The minimum absolute atomic E-state index is 0.0117. The van der Waals surface area contributed by atoms with Gasteiger partial charge in [-0.25, -0.2) is 8.78 Å². The van der Waals surface area contributed by atoms with Crippen LogP contribution in [0.25, 0.3) is 0 Å². The third-order valence-electron chi connectivity index (χ3n) is 3.69. The van der Waals surface area contributed by atoms with Crippen LogP contribution in [0.2, 0.25) is 0 Å². The normalized spacial score (nSPS) is 16.5. The van der Waals surface area contributed by atoms with Crippen LogP contribution < -0.4 is 0 Å². The van der Waals surface area contributed by atoms with Gasteiger partial charge in [-0.2, -0.15) is 0 Å². The zero-order chi connectivity index (χ0) is 17.1. The molecule has 2 heterocycles. The average Bonchev–Trinajstić information content (AvgIpc) is 3.07. The van der Waals surface area contributed by atoms with Crippen molar-refractivity contribution in [3.05, 3.63) is 65.5 Å². The second-order valence-corrected chi connectivity index (χ2v) is 5.48. The first-order valence-corrected chi connectivity index (χ1v) is 7.37. The number of hydrogen-bond acceptors (Lipinski definition) is 4. The molecule has 1 unspecified atom stereocenters. The monoisotopic (exact) mass is 331 g/mol. The van der Waals surface area contributed by atoms with Gasteiger partial charge in [0, 0.05) is 25.2 Å². The molecule has 7 heteroatoms. The molecule has 24 heavy (non-hydrogen) atoms. The van der Waals surface area contributed by atoms with E-state index < -0.39 is 17.7 Å². The molecule has 2 aromatic rings. The zero-order valence-corrected chi connectivity index (χ0v) is 12.9. The molecule has 0 radical (unpaired) electrons. The minimum Gasteiger partial charge on any atom is -0.382 e. The molecule has 1 amide bonds. The van der Waals surface area contributed by atoms with Gasteiger partial charge in [0.05, 0.1) is 18.0 Å².